The number of nitrogens with one attached hydrogen (secondary N) is 1. The number of benzene rings is 1. The van der Waals surface area contributed by atoms with Gasteiger partial charge >= 0.3 is 5.97 Å². The minimum absolute atomic E-state index is 0.225. The predicted molar refractivity (Wildman–Crippen MR) is 122 cm³/mol. The molecule has 0 aliphatic carbocycles. The molecule has 2 aromatic heterocycles. The lowest BCUT2D eigenvalue weighted by Gasteiger charge is -2.18. The van der Waals surface area contributed by atoms with Gasteiger partial charge in [0.25, 0.3) is 0 Å². The molecule has 170 valence electrons. The van der Waals surface area contributed by atoms with E-state index in [0.717, 1.165) is 28.3 Å². The summed E-state index contributed by atoms with van der Waals surface area (Å²) in [6.45, 7) is 9.62. The summed E-state index contributed by atoms with van der Waals surface area (Å²) < 4.78 is 8.88. The maximum atomic E-state index is 12.9. The smallest absolute Gasteiger partial charge is 0.333 e. The molecule has 0 fully saturated rings. The zero-order valence-electron chi connectivity index (χ0n) is 19.6. The molecule has 0 saturated carbocycles. The summed E-state index contributed by atoms with van der Waals surface area (Å²) in [5.74, 6) is -0.717. The molecule has 0 aliphatic rings. The van der Waals surface area contributed by atoms with E-state index in [0.29, 0.717) is 17.7 Å². The molecule has 1 N–H and O–H groups in total. The number of esters is 1. The van der Waals surface area contributed by atoms with Crippen molar-refractivity contribution in [3.63, 3.8) is 0 Å². The second-order valence-electron chi connectivity index (χ2n) is 7.86. The van der Waals surface area contributed by atoms with Crippen LogP contribution < -0.4 is 5.32 Å². The second-order valence-corrected chi connectivity index (χ2v) is 7.86. The lowest BCUT2D eigenvalue weighted by molar-refractivity contribution is -0.147. The number of nitrogens with zero attached hydrogens (tertiary/aromatic N) is 4. The Bertz CT molecular complexity index is 1110. The van der Waals surface area contributed by atoms with Crippen LogP contribution in [0.3, 0.4) is 0 Å². The first-order valence-electron chi connectivity index (χ1n) is 10.8. The minimum atomic E-state index is -0.920. The zero-order chi connectivity index (χ0) is 23.4. The summed E-state index contributed by atoms with van der Waals surface area (Å²) in [6.07, 6.45) is 0.794. The van der Waals surface area contributed by atoms with Gasteiger partial charge < -0.3 is 10.1 Å². The summed E-state index contributed by atoms with van der Waals surface area (Å²) in [5.41, 5.74) is 6.00. The summed E-state index contributed by atoms with van der Waals surface area (Å²) in [7, 11) is 1.89. The molecule has 1 aromatic carbocycles. The van der Waals surface area contributed by atoms with Gasteiger partial charge in [-0.1, -0.05) is 18.2 Å². The third-order valence-corrected chi connectivity index (χ3v) is 5.73. The number of carbonyl (C=O) groups is 2. The Kier molecular flexibility index (Phi) is 7.12. The van der Waals surface area contributed by atoms with Crippen molar-refractivity contribution in [2.45, 2.75) is 53.5 Å². The van der Waals surface area contributed by atoms with Gasteiger partial charge in [-0.25, -0.2) is 9.48 Å². The molecule has 3 aromatic rings. The molecule has 1 amide bonds. The Labute approximate surface area is 188 Å². The van der Waals surface area contributed by atoms with Crippen molar-refractivity contribution >= 4 is 11.9 Å². The number of para-hydroxylation sites is 1. The summed E-state index contributed by atoms with van der Waals surface area (Å²) in [4.78, 5) is 25.7. The van der Waals surface area contributed by atoms with E-state index in [2.05, 4.69) is 15.5 Å². The van der Waals surface area contributed by atoms with Crippen LogP contribution in [0.25, 0.3) is 5.69 Å². The number of aromatic nitrogens is 4. The largest absolute Gasteiger partial charge is 0.464 e. The maximum absolute atomic E-state index is 12.9. The van der Waals surface area contributed by atoms with Crippen molar-refractivity contribution in [1.82, 2.24) is 24.9 Å². The van der Waals surface area contributed by atoms with Crippen LogP contribution in [0, 0.1) is 27.7 Å². The van der Waals surface area contributed by atoms with Gasteiger partial charge in [0, 0.05) is 30.4 Å². The predicted octanol–water partition coefficient (Wildman–Crippen LogP) is 3.19. The number of rotatable bonds is 8. The van der Waals surface area contributed by atoms with Crippen molar-refractivity contribution in [3.05, 3.63) is 64.2 Å². The van der Waals surface area contributed by atoms with Crippen molar-refractivity contribution in [2.24, 2.45) is 7.05 Å². The number of amides is 1. The quantitative estimate of drug-likeness (QED) is 0.547. The number of hydrogen-bond donors (Lipinski definition) is 1. The number of hydrogen-bond acceptors (Lipinski definition) is 5. The highest BCUT2D eigenvalue weighted by Crippen LogP contribution is 2.26. The third-order valence-electron chi connectivity index (χ3n) is 5.73. The van der Waals surface area contributed by atoms with Gasteiger partial charge in [0.05, 0.1) is 23.7 Å². The molecule has 3 rings (SSSR count). The molecule has 0 aliphatic heterocycles. The Balaban J connectivity index is 1.85. The summed E-state index contributed by atoms with van der Waals surface area (Å²) in [5, 5.41) is 11.9. The molecule has 2 heterocycles. The van der Waals surface area contributed by atoms with Crippen molar-refractivity contribution < 1.29 is 14.3 Å². The van der Waals surface area contributed by atoms with Crippen LogP contribution in [0.1, 0.15) is 53.3 Å². The fourth-order valence-corrected chi connectivity index (χ4v) is 4.02. The first-order chi connectivity index (χ1) is 15.2. The molecular formula is C24H31N5O3. The average molecular weight is 438 g/mol. The highest BCUT2D eigenvalue weighted by molar-refractivity contribution is 5.86. The van der Waals surface area contributed by atoms with E-state index in [-0.39, 0.29) is 18.9 Å². The molecule has 0 radical (unpaired) electrons. The number of ether oxygens (including phenoxy) is 1. The van der Waals surface area contributed by atoms with E-state index in [1.54, 1.807) is 11.6 Å². The maximum Gasteiger partial charge on any atom is 0.333 e. The minimum Gasteiger partial charge on any atom is -0.464 e. The van der Waals surface area contributed by atoms with E-state index in [1.807, 2.05) is 69.8 Å². The summed E-state index contributed by atoms with van der Waals surface area (Å²) >= 11 is 0. The zero-order valence-corrected chi connectivity index (χ0v) is 19.6. The van der Waals surface area contributed by atoms with Gasteiger partial charge in [0.15, 0.2) is 6.04 Å². The normalized spacial score (nSPS) is 11.9. The highest BCUT2D eigenvalue weighted by Gasteiger charge is 2.30. The van der Waals surface area contributed by atoms with Crippen LogP contribution in [0.2, 0.25) is 0 Å². The van der Waals surface area contributed by atoms with Crippen LogP contribution in [-0.4, -0.2) is 38.0 Å². The average Bonchev–Trinajstić information content (AvgIpc) is 3.19. The van der Waals surface area contributed by atoms with Crippen LogP contribution >= 0.6 is 0 Å². The molecular weight excluding hydrogens is 406 g/mol. The lowest BCUT2D eigenvalue weighted by atomic mass is 10.0. The fraction of sp³-hybridized carbons (Fsp3) is 0.417. The Hall–Kier alpha value is -3.42. The van der Waals surface area contributed by atoms with Gasteiger partial charge in [-0.05, 0) is 58.7 Å². The highest BCUT2D eigenvalue weighted by atomic mass is 16.5. The second kappa shape index (κ2) is 9.80. The number of carbonyl (C=O) groups excluding carboxylic acids is 2. The Morgan fingerprint density at radius 2 is 1.72 bits per heavy atom. The molecule has 1 atom stereocenters. The first kappa shape index (κ1) is 23.2. The van der Waals surface area contributed by atoms with E-state index in [4.69, 9.17) is 4.74 Å². The molecule has 0 unspecified atom stereocenters. The molecule has 8 heteroatoms. The fourth-order valence-electron chi connectivity index (χ4n) is 4.02. The van der Waals surface area contributed by atoms with Crippen LogP contribution in [0.15, 0.2) is 30.3 Å². The first-order valence-corrected chi connectivity index (χ1v) is 10.8. The van der Waals surface area contributed by atoms with Gasteiger partial charge in [-0.2, -0.15) is 10.2 Å². The van der Waals surface area contributed by atoms with E-state index in [9.17, 15) is 9.59 Å². The van der Waals surface area contributed by atoms with Gasteiger partial charge in [0.2, 0.25) is 5.91 Å². The van der Waals surface area contributed by atoms with E-state index < -0.39 is 12.0 Å². The molecule has 8 nitrogen and oxygen atoms in total. The molecule has 0 spiro atoms. The standard InChI is InChI=1S/C24H31N5O3/c1-7-32-24(31)23(25-21(30)14-13-20-15(2)26-28(6)17(20)4)22-16(3)27-29(18(22)5)19-11-9-8-10-12-19/h8-12,23H,7,13-14H2,1-6H3,(H,25,30)/t23-/m1/s1. The topological polar surface area (TPSA) is 91.0 Å². The molecule has 0 bridgehead atoms. The monoisotopic (exact) mass is 437 g/mol. The van der Waals surface area contributed by atoms with Crippen LogP contribution in [-0.2, 0) is 27.8 Å². The van der Waals surface area contributed by atoms with Crippen molar-refractivity contribution in [3.8, 4) is 5.69 Å². The summed E-state index contributed by atoms with van der Waals surface area (Å²) in [6, 6.07) is 8.76. The lowest BCUT2D eigenvalue weighted by Crippen LogP contribution is -2.35. The Morgan fingerprint density at radius 3 is 2.31 bits per heavy atom. The van der Waals surface area contributed by atoms with Crippen molar-refractivity contribution in [2.75, 3.05) is 6.61 Å². The molecule has 0 saturated heterocycles. The Morgan fingerprint density at radius 1 is 1.03 bits per heavy atom. The van der Waals surface area contributed by atoms with Gasteiger partial charge in [-0.3, -0.25) is 9.48 Å². The van der Waals surface area contributed by atoms with Gasteiger partial charge in [-0.15, -0.1) is 0 Å². The van der Waals surface area contributed by atoms with Crippen molar-refractivity contribution in [1.29, 1.82) is 0 Å². The number of aryl methyl sites for hydroxylation is 3. The SMILES string of the molecule is CCOC(=O)[C@H](NC(=O)CCc1c(C)nn(C)c1C)c1c(C)nn(-c2ccccc2)c1C. The van der Waals surface area contributed by atoms with Crippen LogP contribution in [0.5, 0.6) is 0 Å². The van der Waals surface area contributed by atoms with E-state index in [1.165, 1.54) is 0 Å². The van der Waals surface area contributed by atoms with Gasteiger partial charge in [0.1, 0.15) is 0 Å². The molecule has 32 heavy (non-hydrogen) atoms. The van der Waals surface area contributed by atoms with Crippen LogP contribution in [0.4, 0.5) is 0 Å². The van der Waals surface area contributed by atoms with E-state index >= 15 is 0 Å². The third kappa shape index (κ3) is 4.74.